The van der Waals surface area contributed by atoms with Crippen molar-refractivity contribution in [1.29, 1.82) is 0 Å². The van der Waals surface area contributed by atoms with Crippen molar-refractivity contribution in [3.8, 4) is 10.6 Å². The van der Waals surface area contributed by atoms with E-state index in [-0.39, 0.29) is 18.7 Å². The number of carbonyl (C=O) groups is 2. The molecule has 0 aliphatic carbocycles. The van der Waals surface area contributed by atoms with Gasteiger partial charge in [0.15, 0.2) is 0 Å². The van der Waals surface area contributed by atoms with E-state index in [1.54, 1.807) is 11.4 Å². The molecule has 1 atom stereocenters. The number of benzene rings is 2. The molecular weight excluding hydrogens is 384 g/mol. The quantitative estimate of drug-likeness (QED) is 0.632. The summed E-state index contributed by atoms with van der Waals surface area (Å²) in [6, 6.07) is 15.6. The topological polar surface area (TPSA) is 79.3 Å². The van der Waals surface area contributed by atoms with E-state index in [1.165, 1.54) is 11.3 Å². The Hall–Kier alpha value is -2.70. The Labute approximate surface area is 165 Å². The average Bonchev–Trinajstić information content (AvgIpc) is 3.10. The number of hydrogen-bond acceptors (Lipinski definition) is 4. The zero-order valence-corrected chi connectivity index (χ0v) is 15.8. The van der Waals surface area contributed by atoms with Crippen molar-refractivity contribution < 1.29 is 14.7 Å². The van der Waals surface area contributed by atoms with Crippen LogP contribution in [0.15, 0.2) is 60.0 Å². The largest absolute Gasteiger partial charge is 0.480 e. The number of carboxylic acid groups (broad SMARTS) is 1. The summed E-state index contributed by atoms with van der Waals surface area (Å²) < 4.78 is 0. The van der Waals surface area contributed by atoms with Crippen LogP contribution in [0.3, 0.4) is 0 Å². The maximum absolute atomic E-state index is 12.3. The number of aliphatic carboxylic acids is 1. The first-order valence-electron chi connectivity index (χ1n) is 8.28. The summed E-state index contributed by atoms with van der Waals surface area (Å²) >= 11 is 7.57. The molecule has 0 aliphatic heterocycles. The molecule has 0 fully saturated rings. The van der Waals surface area contributed by atoms with Crippen LogP contribution in [0.1, 0.15) is 11.3 Å². The number of rotatable bonds is 7. The first-order valence-corrected chi connectivity index (χ1v) is 9.54. The summed E-state index contributed by atoms with van der Waals surface area (Å²) in [6.07, 6.45) is 0.239. The molecule has 27 heavy (non-hydrogen) atoms. The van der Waals surface area contributed by atoms with Crippen molar-refractivity contribution in [1.82, 2.24) is 10.3 Å². The van der Waals surface area contributed by atoms with Crippen LogP contribution in [0, 0.1) is 0 Å². The molecule has 138 valence electrons. The number of carbonyl (C=O) groups excluding carboxylic acids is 1. The SMILES string of the molecule is O=C(Cc1csc(-c2ccccc2Cl)n1)N[C@@H](Cc1ccccc1)C(=O)O. The Morgan fingerprint density at radius 3 is 2.52 bits per heavy atom. The van der Waals surface area contributed by atoms with E-state index < -0.39 is 12.0 Å². The van der Waals surface area contributed by atoms with Gasteiger partial charge in [0.25, 0.3) is 0 Å². The third-order valence-electron chi connectivity index (χ3n) is 3.91. The lowest BCUT2D eigenvalue weighted by Crippen LogP contribution is -2.43. The Morgan fingerprint density at radius 2 is 1.81 bits per heavy atom. The normalized spacial score (nSPS) is 11.7. The molecule has 2 aromatic carbocycles. The summed E-state index contributed by atoms with van der Waals surface area (Å²) in [6.45, 7) is 0. The lowest BCUT2D eigenvalue weighted by atomic mass is 10.1. The highest BCUT2D eigenvalue weighted by Crippen LogP contribution is 2.30. The highest BCUT2D eigenvalue weighted by atomic mass is 35.5. The predicted octanol–water partition coefficient (Wildman–Crippen LogP) is 3.82. The van der Waals surface area contributed by atoms with Crippen LogP contribution in [0.2, 0.25) is 5.02 Å². The highest BCUT2D eigenvalue weighted by molar-refractivity contribution is 7.13. The van der Waals surface area contributed by atoms with Gasteiger partial charge >= 0.3 is 5.97 Å². The lowest BCUT2D eigenvalue weighted by molar-refractivity contribution is -0.141. The Balaban J connectivity index is 1.64. The van der Waals surface area contributed by atoms with Gasteiger partial charge in [-0.05, 0) is 11.6 Å². The van der Waals surface area contributed by atoms with Crippen molar-refractivity contribution in [3.05, 3.63) is 76.3 Å². The molecule has 1 aromatic heterocycles. The molecule has 0 aliphatic rings. The van der Waals surface area contributed by atoms with Crippen LogP contribution < -0.4 is 5.32 Å². The van der Waals surface area contributed by atoms with Crippen molar-refractivity contribution in [2.75, 3.05) is 0 Å². The third-order valence-corrected chi connectivity index (χ3v) is 5.17. The zero-order valence-electron chi connectivity index (χ0n) is 14.3. The number of carboxylic acids is 1. The van der Waals surface area contributed by atoms with E-state index in [4.69, 9.17) is 11.6 Å². The van der Waals surface area contributed by atoms with E-state index in [0.29, 0.717) is 10.7 Å². The number of nitrogens with zero attached hydrogens (tertiary/aromatic N) is 1. The number of thiazole rings is 1. The van der Waals surface area contributed by atoms with E-state index in [0.717, 1.165) is 16.1 Å². The predicted molar refractivity (Wildman–Crippen MR) is 106 cm³/mol. The van der Waals surface area contributed by atoms with Crippen molar-refractivity contribution >= 4 is 34.8 Å². The molecule has 3 rings (SSSR count). The molecule has 1 heterocycles. The standard InChI is InChI=1S/C20H17ClN2O3S/c21-16-9-5-4-8-15(16)19-22-14(12-27-19)11-18(24)23-17(20(25)26)10-13-6-2-1-3-7-13/h1-9,12,17H,10-11H2,(H,23,24)(H,25,26)/t17-/m0/s1. The van der Waals surface area contributed by atoms with Gasteiger partial charge in [-0.15, -0.1) is 11.3 Å². The maximum Gasteiger partial charge on any atom is 0.326 e. The second kappa shape index (κ2) is 8.79. The van der Waals surface area contributed by atoms with E-state index in [9.17, 15) is 14.7 Å². The van der Waals surface area contributed by atoms with Crippen LogP contribution in [-0.2, 0) is 22.4 Å². The maximum atomic E-state index is 12.3. The first kappa shape index (κ1) is 19.1. The minimum absolute atomic E-state index is 0.0134. The number of halogens is 1. The van der Waals surface area contributed by atoms with Crippen molar-refractivity contribution in [3.63, 3.8) is 0 Å². The fourth-order valence-corrected chi connectivity index (χ4v) is 3.75. The smallest absolute Gasteiger partial charge is 0.326 e. The van der Waals surface area contributed by atoms with Crippen molar-refractivity contribution in [2.24, 2.45) is 0 Å². The summed E-state index contributed by atoms with van der Waals surface area (Å²) in [7, 11) is 0. The monoisotopic (exact) mass is 400 g/mol. The Morgan fingerprint density at radius 1 is 1.11 bits per heavy atom. The summed E-state index contributed by atoms with van der Waals surface area (Å²) in [4.78, 5) is 28.2. The fourth-order valence-electron chi connectivity index (χ4n) is 2.61. The molecule has 5 nitrogen and oxygen atoms in total. The van der Waals surface area contributed by atoms with Gasteiger partial charge in [-0.1, -0.05) is 60.1 Å². The van der Waals surface area contributed by atoms with Gasteiger partial charge in [-0.25, -0.2) is 9.78 Å². The number of nitrogens with one attached hydrogen (secondary N) is 1. The van der Waals surface area contributed by atoms with Gasteiger partial charge in [-0.3, -0.25) is 4.79 Å². The number of aromatic nitrogens is 1. The summed E-state index contributed by atoms with van der Waals surface area (Å²) in [5, 5.41) is 15.1. The number of hydrogen-bond donors (Lipinski definition) is 2. The van der Waals surface area contributed by atoms with Crippen LogP contribution in [-0.4, -0.2) is 28.0 Å². The first-order chi connectivity index (χ1) is 13.0. The van der Waals surface area contributed by atoms with Crippen molar-refractivity contribution in [2.45, 2.75) is 18.9 Å². The molecule has 0 unspecified atom stereocenters. The molecule has 2 N–H and O–H groups in total. The molecule has 0 saturated heterocycles. The molecule has 0 radical (unpaired) electrons. The van der Waals surface area contributed by atoms with Crippen LogP contribution in [0.25, 0.3) is 10.6 Å². The highest BCUT2D eigenvalue weighted by Gasteiger charge is 2.21. The Bertz CT molecular complexity index is 943. The zero-order chi connectivity index (χ0) is 19.2. The van der Waals surface area contributed by atoms with Gasteiger partial charge in [0, 0.05) is 17.4 Å². The second-order valence-corrected chi connectivity index (χ2v) is 7.21. The van der Waals surface area contributed by atoms with Crippen LogP contribution in [0.4, 0.5) is 0 Å². The number of amides is 1. The second-order valence-electron chi connectivity index (χ2n) is 5.95. The van der Waals surface area contributed by atoms with Gasteiger partial charge in [0.1, 0.15) is 11.0 Å². The Kier molecular flexibility index (Phi) is 6.21. The van der Waals surface area contributed by atoms with Crippen LogP contribution >= 0.6 is 22.9 Å². The summed E-state index contributed by atoms with van der Waals surface area (Å²) in [5.74, 6) is -1.45. The van der Waals surface area contributed by atoms with E-state index in [2.05, 4.69) is 10.3 Å². The minimum atomic E-state index is -1.07. The molecule has 1 amide bonds. The van der Waals surface area contributed by atoms with Gasteiger partial charge in [0.2, 0.25) is 5.91 Å². The van der Waals surface area contributed by atoms with Gasteiger partial charge < -0.3 is 10.4 Å². The van der Waals surface area contributed by atoms with Gasteiger partial charge in [0.05, 0.1) is 17.1 Å². The lowest BCUT2D eigenvalue weighted by Gasteiger charge is -2.14. The van der Waals surface area contributed by atoms with Crippen LogP contribution in [0.5, 0.6) is 0 Å². The summed E-state index contributed by atoms with van der Waals surface area (Å²) in [5.41, 5.74) is 2.24. The van der Waals surface area contributed by atoms with E-state index in [1.807, 2.05) is 48.5 Å². The van der Waals surface area contributed by atoms with E-state index >= 15 is 0 Å². The van der Waals surface area contributed by atoms with Gasteiger partial charge in [-0.2, -0.15) is 0 Å². The molecule has 0 bridgehead atoms. The minimum Gasteiger partial charge on any atom is -0.480 e. The molecule has 3 aromatic rings. The average molecular weight is 401 g/mol. The molecule has 7 heteroatoms. The molecule has 0 saturated carbocycles. The molecular formula is C20H17ClN2O3S. The fraction of sp³-hybridized carbons (Fsp3) is 0.150. The molecule has 0 spiro atoms. The third kappa shape index (κ3) is 5.15.